The topological polar surface area (TPSA) is 92.4 Å². The van der Waals surface area contributed by atoms with E-state index in [9.17, 15) is 14.7 Å². The van der Waals surface area contributed by atoms with Crippen LogP contribution in [0.4, 0.5) is 0 Å². The Hall–Kier alpha value is -0.750. The molecule has 1 rings (SSSR count). The molecule has 16 heavy (non-hydrogen) atoms. The number of hydrogen-bond donors (Lipinski definition) is 3. The highest BCUT2D eigenvalue weighted by Gasteiger charge is 2.39. The molecular formula is C10H18N2O3S. The van der Waals surface area contributed by atoms with E-state index < -0.39 is 11.5 Å². The minimum atomic E-state index is -0.805. The molecule has 0 bridgehead atoms. The van der Waals surface area contributed by atoms with Gasteiger partial charge in [0, 0.05) is 12.2 Å². The van der Waals surface area contributed by atoms with Crippen LogP contribution in [0.3, 0.4) is 0 Å². The molecule has 0 aliphatic carbocycles. The summed E-state index contributed by atoms with van der Waals surface area (Å²) in [6, 6.07) is 0. The van der Waals surface area contributed by atoms with Crippen LogP contribution in [0.25, 0.3) is 0 Å². The van der Waals surface area contributed by atoms with Crippen molar-refractivity contribution in [3.8, 4) is 0 Å². The maximum atomic E-state index is 11.2. The third-order valence-electron chi connectivity index (χ3n) is 2.71. The number of aliphatic carboxylic acids is 1. The van der Waals surface area contributed by atoms with E-state index in [1.165, 1.54) is 0 Å². The van der Waals surface area contributed by atoms with Crippen molar-refractivity contribution >= 4 is 23.6 Å². The van der Waals surface area contributed by atoms with Crippen molar-refractivity contribution in [3.63, 3.8) is 0 Å². The molecule has 0 saturated carbocycles. The summed E-state index contributed by atoms with van der Waals surface area (Å²) in [6.07, 6.45) is 2.47. The van der Waals surface area contributed by atoms with Gasteiger partial charge in [-0.2, -0.15) is 11.8 Å². The van der Waals surface area contributed by atoms with Crippen molar-refractivity contribution in [3.05, 3.63) is 0 Å². The second kappa shape index (κ2) is 6.10. The minimum Gasteiger partial charge on any atom is -0.480 e. The lowest BCUT2D eigenvalue weighted by Crippen LogP contribution is -2.56. The zero-order chi connectivity index (χ0) is 12.0. The molecule has 0 aromatic carbocycles. The van der Waals surface area contributed by atoms with Crippen molar-refractivity contribution in [2.75, 3.05) is 18.1 Å². The van der Waals surface area contributed by atoms with Gasteiger partial charge in [0.1, 0.15) is 5.54 Å². The molecule has 0 aromatic heterocycles. The fourth-order valence-corrected chi connectivity index (χ4v) is 2.98. The second-order valence-corrected chi connectivity index (χ2v) is 5.15. The summed E-state index contributed by atoms with van der Waals surface area (Å²) in [7, 11) is 0. The number of carboxylic acid groups (broad SMARTS) is 1. The molecule has 6 heteroatoms. The molecule has 1 atom stereocenters. The van der Waals surface area contributed by atoms with E-state index in [2.05, 4.69) is 5.32 Å². The number of rotatable bonds is 6. The summed E-state index contributed by atoms with van der Waals surface area (Å²) in [5.74, 6) is 0.486. The van der Waals surface area contributed by atoms with Crippen molar-refractivity contribution in [1.82, 2.24) is 5.32 Å². The summed E-state index contributed by atoms with van der Waals surface area (Å²) < 4.78 is 0. The van der Waals surface area contributed by atoms with Crippen LogP contribution in [0.2, 0.25) is 0 Å². The highest BCUT2D eigenvalue weighted by molar-refractivity contribution is 7.99. The zero-order valence-corrected chi connectivity index (χ0v) is 10.0. The van der Waals surface area contributed by atoms with Crippen molar-refractivity contribution in [1.29, 1.82) is 0 Å². The number of carbonyl (C=O) groups is 2. The van der Waals surface area contributed by atoms with Gasteiger partial charge in [-0.1, -0.05) is 0 Å². The predicted octanol–water partition coefficient (Wildman–Crippen LogP) is 0.192. The molecule has 4 N–H and O–H groups in total. The van der Waals surface area contributed by atoms with Crippen molar-refractivity contribution in [2.45, 2.75) is 31.2 Å². The molecule has 5 nitrogen and oxygen atoms in total. The number of thioether (sulfide) groups is 1. The van der Waals surface area contributed by atoms with E-state index >= 15 is 0 Å². The van der Waals surface area contributed by atoms with Crippen LogP contribution in [-0.4, -0.2) is 40.6 Å². The largest absolute Gasteiger partial charge is 0.480 e. The van der Waals surface area contributed by atoms with Gasteiger partial charge in [-0.3, -0.25) is 9.59 Å². The van der Waals surface area contributed by atoms with E-state index in [-0.39, 0.29) is 5.91 Å². The van der Waals surface area contributed by atoms with Gasteiger partial charge >= 0.3 is 5.97 Å². The Balaban J connectivity index is 2.39. The number of nitrogens with one attached hydrogen (secondary N) is 1. The normalized spacial score (nSPS) is 25.2. The number of nitrogens with two attached hydrogens (primary N) is 1. The van der Waals surface area contributed by atoms with Crippen LogP contribution in [0.1, 0.15) is 25.7 Å². The van der Waals surface area contributed by atoms with Crippen LogP contribution in [0.5, 0.6) is 0 Å². The molecule has 0 radical (unpaired) electrons. The summed E-state index contributed by atoms with van der Waals surface area (Å²) in [5.41, 5.74) is 4.21. The van der Waals surface area contributed by atoms with Gasteiger partial charge in [0.25, 0.3) is 0 Å². The van der Waals surface area contributed by atoms with Crippen LogP contribution < -0.4 is 11.1 Å². The van der Waals surface area contributed by atoms with Gasteiger partial charge in [-0.05, 0) is 31.6 Å². The van der Waals surface area contributed by atoms with Gasteiger partial charge in [0.05, 0.1) is 0 Å². The van der Waals surface area contributed by atoms with Gasteiger partial charge in [0.2, 0.25) is 5.91 Å². The highest BCUT2D eigenvalue weighted by Crippen LogP contribution is 2.27. The van der Waals surface area contributed by atoms with Crippen LogP contribution in [0, 0.1) is 0 Å². The van der Waals surface area contributed by atoms with E-state index in [0.717, 1.165) is 12.2 Å². The van der Waals surface area contributed by atoms with Crippen LogP contribution in [0.15, 0.2) is 0 Å². The zero-order valence-electron chi connectivity index (χ0n) is 9.20. The van der Waals surface area contributed by atoms with E-state index in [1.807, 2.05) is 0 Å². The Morgan fingerprint density at radius 1 is 1.50 bits per heavy atom. The number of carboxylic acids is 1. The van der Waals surface area contributed by atoms with Gasteiger partial charge in [-0.15, -0.1) is 0 Å². The Morgan fingerprint density at radius 3 is 2.75 bits per heavy atom. The molecule has 0 spiro atoms. The average Bonchev–Trinajstić information content (AvgIpc) is 2.25. The Kier molecular flexibility index (Phi) is 5.08. The standard InChI is InChI=1S/C10H18N2O3S/c11-8(13)3-1-5-12-10(9(14)15)4-2-6-16-7-10/h12H,1-7H2,(H2,11,13)(H,14,15). The first kappa shape index (κ1) is 13.3. The minimum absolute atomic E-state index is 0.301. The molecule has 1 unspecified atom stereocenters. The van der Waals surface area contributed by atoms with E-state index in [4.69, 9.17) is 5.73 Å². The second-order valence-electron chi connectivity index (χ2n) is 4.04. The predicted molar refractivity (Wildman–Crippen MR) is 63.4 cm³/mol. The lowest BCUT2D eigenvalue weighted by atomic mass is 9.95. The Morgan fingerprint density at radius 2 is 2.25 bits per heavy atom. The van der Waals surface area contributed by atoms with E-state index in [1.54, 1.807) is 11.8 Å². The lowest BCUT2D eigenvalue weighted by molar-refractivity contribution is -0.144. The fourth-order valence-electron chi connectivity index (χ4n) is 1.77. The SMILES string of the molecule is NC(=O)CCCNC1(C(=O)O)CCCSC1. The first-order valence-electron chi connectivity index (χ1n) is 5.41. The quantitative estimate of drug-likeness (QED) is 0.582. The van der Waals surface area contributed by atoms with Crippen LogP contribution >= 0.6 is 11.8 Å². The maximum absolute atomic E-state index is 11.2. The third-order valence-corrected chi connectivity index (χ3v) is 3.99. The molecule has 1 fully saturated rings. The number of hydrogen-bond acceptors (Lipinski definition) is 4. The number of primary amides is 1. The lowest BCUT2D eigenvalue weighted by Gasteiger charge is -2.33. The number of amides is 1. The summed E-state index contributed by atoms with van der Waals surface area (Å²) in [6.45, 7) is 0.524. The van der Waals surface area contributed by atoms with Crippen LogP contribution in [-0.2, 0) is 9.59 Å². The summed E-state index contributed by atoms with van der Waals surface area (Å²) in [5, 5.41) is 12.3. The summed E-state index contributed by atoms with van der Waals surface area (Å²) >= 11 is 1.66. The van der Waals surface area contributed by atoms with E-state index in [0.29, 0.717) is 31.6 Å². The molecule has 92 valence electrons. The molecule has 1 amide bonds. The monoisotopic (exact) mass is 246 g/mol. The fraction of sp³-hybridized carbons (Fsp3) is 0.800. The maximum Gasteiger partial charge on any atom is 0.324 e. The summed E-state index contributed by atoms with van der Waals surface area (Å²) in [4.78, 5) is 21.8. The van der Waals surface area contributed by atoms with Gasteiger partial charge in [-0.25, -0.2) is 0 Å². The molecule has 1 heterocycles. The molecule has 1 saturated heterocycles. The molecule has 1 aliphatic rings. The molecular weight excluding hydrogens is 228 g/mol. The Labute approximate surface area is 99.1 Å². The van der Waals surface area contributed by atoms with Gasteiger partial charge in [0.15, 0.2) is 0 Å². The first-order valence-corrected chi connectivity index (χ1v) is 6.57. The average molecular weight is 246 g/mol. The smallest absolute Gasteiger partial charge is 0.324 e. The number of carbonyl (C=O) groups excluding carboxylic acids is 1. The van der Waals surface area contributed by atoms with Gasteiger partial charge < -0.3 is 16.2 Å². The molecule has 0 aromatic rings. The Bertz CT molecular complexity index is 265. The molecule has 1 aliphatic heterocycles. The highest BCUT2D eigenvalue weighted by atomic mass is 32.2. The first-order chi connectivity index (χ1) is 7.57. The van der Waals surface area contributed by atoms with Crippen molar-refractivity contribution < 1.29 is 14.7 Å². The third kappa shape index (κ3) is 3.68. The van der Waals surface area contributed by atoms with Crippen molar-refractivity contribution in [2.24, 2.45) is 5.73 Å².